The number of hydrogen-bond donors (Lipinski definition) is 2. The van der Waals surface area contributed by atoms with Crippen LogP contribution in [-0.4, -0.2) is 28.7 Å². The third kappa shape index (κ3) is 3.58. The quantitative estimate of drug-likeness (QED) is 0.754. The third-order valence-corrected chi connectivity index (χ3v) is 2.49. The van der Waals surface area contributed by atoms with Crippen molar-refractivity contribution in [1.29, 1.82) is 0 Å². The van der Waals surface area contributed by atoms with E-state index in [1.165, 1.54) is 0 Å². The summed E-state index contributed by atoms with van der Waals surface area (Å²) in [6, 6.07) is 0. The first-order chi connectivity index (χ1) is 8.43. The summed E-state index contributed by atoms with van der Waals surface area (Å²) in [7, 11) is 0. The standard InChI is InChI=1S/C12H18N2O4/c1-7(2)11-10(8(3)14-18-11)12(17)13-6-4-5-9(15)16/h7H,4-6H2,1-3H3,(H,13,17)(H,15,16). The van der Waals surface area contributed by atoms with E-state index in [-0.39, 0.29) is 18.2 Å². The average molecular weight is 254 g/mol. The molecule has 1 amide bonds. The summed E-state index contributed by atoms with van der Waals surface area (Å²) in [4.78, 5) is 22.3. The lowest BCUT2D eigenvalue weighted by Gasteiger charge is -2.06. The Morgan fingerprint density at radius 3 is 2.67 bits per heavy atom. The fourth-order valence-electron chi connectivity index (χ4n) is 1.59. The molecule has 1 aromatic heterocycles. The van der Waals surface area contributed by atoms with Gasteiger partial charge >= 0.3 is 5.97 Å². The van der Waals surface area contributed by atoms with E-state index < -0.39 is 5.97 Å². The molecule has 0 aliphatic rings. The minimum Gasteiger partial charge on any atom is -0.481 e. The van der Waals surface area contributed by atoms with Crippen molar-refractivity contribution in [3.8, 4) is 0 Å². The Kier molecular flexibility index (Phi) is 4.88. The number of aliphatic carboxylic acids is 1. The van der Waals surface area contributed by atoms with Crippen molar-refractivity contribution >= 4 is 11.9 Å². The van der Waals surface area contributed by atoms with E-state index in [9.17, 15) is 9.59 Å². The fourth-order valence-corrected chi connectivity index (χ4v) is 1.59. The van der Waals surface area contributed by atoms with Crippen LogP contribution in [0, 0.1) is 6.92 Å². The summed E-state index contributed by atoms with van der Waals surface area (Å²) in [6.07, 6.45) is 0.447. The number of carboxylic acid groups (broad SMARTS) is 1. The summed E-state index contributed by atoms with van der Waals surface area (Å²) < 4.78 is 5.12. The van der Waals surface area contributed by atoms with Crippen molar-refractivity contribution in [3.05, 3.63) is 17.0 Å². The highest BCUT2D eigenvalue weighted by Crippen LogP contribution is 2.21. The van der Waals surface area contributed by atoms with Gasteiger partial charge in [-0.05, 0) is 13.3 Å². The molecule has 6 heteroatoms. The van der Waals surface area contributed by atoms with Crippen LogP contribution in [0.3, 0.4) is 0 Å². The molecule has 0 saturated heterocycles. The topological polar surface area (TPSA) is 92.4 Å². The van der Waals surface area contributed by atoms with Gasteiger partial charge in [0.2, 0.25) is 0 Å². The van der Waals surface area contributed by atoms with Crippen LogP contribution in [0.5, 0.6) is 0 Å². The molecule has 1 heterocycles. The zero-order chi connectivity index (χ0) is 13.7. The number of amides is 1. The third-order valence-electron chi connectivity index (χ3n) is 2.49. The molecule has 18 heavy (non-hydrogen) atoms. The van der Waals surface area contributed by atoms with Crippen LogP contribution in [0.25, 0.3) is 0 Å². The highest BCUT2D eigenvalue weighted by molar-refractivity contribution is 5.96. The average Bonchev–Trinajstić information content (AvgIpc) is 2.66. The normalized spacial score (nSPS) is 10.7. The summed E-state index contributed by atoms with van der Waals surface area (Å²) in [5.41, 5.74) is 1.01. The van der Waals surface area contributed by atoms with E-state index in [1.807, 2.05) is 13.8 Å². The Balaban J connectivity index is 2.61. The van der Waals surface area contributed by atoms with Crippen LogP contribution in [0.15, 0.2) is 4.52 Å². The molecule has 0 aliphatic carbocycles. The molecule has 0 radical (unpaired) electrons. The lowest BCUT2D eigenvalue weighted by molar-refractivity contribution is -0.137. The number of carbonyl (C=O) groups excluding carboxylic acids is 1. The second-order valence-electron chi connectivity index (χ2n) is 4.42. The first-order valence-corrected chi connectivity index (χ1v) is 5.89. The van der Waals surface area contributed by atoms with Gasteiger partial charge in [-0.25, -0.2) is 0 Å². The highest BCUT2D eigenvalue weighted by atomic mass is 16.5. The largest absolute Gasteiger partial charge is 0.481 e. The van der Waals surface area contributed by atoms with Gasteiger partial charge in [-0.1, -0.05) is 19.0 Å². The van der Waals surface area contributed by atoms with Crippen molar-refractivity contribution in [2.45, 2.75) is 39.5 Å². The Morgan fingerprint density at radius 2 is 2.11 bits per heavy atom. The molecule has 0 saturated carbocycles. The van der Waals surface area contributed by atoms with Gasteiger partial charge < -0.3 is 14.9 Å². The van der Waals surface area contributed by atoms with Crippen LogP contribution >= 0.6 is 0 Å². The smallest absolute Gasteiger partial charge is 0.303 e. The van der Waals surface area contributed by atoms with E-state index in [2.05, 4.69) is 10.5 Å². The zero-order valence-electron chi connectivity index (χ0n) is 10.8. The van der Waals surface area contributed by atoms with E-state index >= 15 is 0 Å². The number of carbonyl (C=O) groups is 2. The second-order valence-corrected chi connectivity index (χ2v) is 4.42. The van der Waals surface area contributed by atoms with E-state index in [1.54, 1.807) is 6.92 Å². The summed E-state index contributed by atoms with van der Waals surface area (Å²) >= 11 is 0. The molecule has 0 atom stereocenters. The highest BCUT2D eigenvalue weighted by Gasteiger charge is 2.22. The monoisotopic (exact) mass is 254 g/mol. The Labute approximate surface area is 105 Å². The van der Waals surface area contributed by atoms with E-state index in [4.69, 9.17) is 9.63 Å². The van der Waals surface area contributed by atoms with Crippen molar-refractivity contribution in [1.82, 2.24) is 10.5 Å². The maximum Gasteiger partial charge on any atom is 0.303 e. The minimum atomic E-state index is -0.867. The molecule has 100 valence electrons. The fraction of sp³-hybridized carbons (Fsp3) is 0.583. The van der Waals surface area contributed by atoms with Crippen molar-refractivity contribution < 1.29 is 19.2 Å². The molecule has 0 fully saturated rings. The molecular formula is C12H18N2O4. The molecule has 0 aliphatic heterocycles. The van der Waals surface area contributed by atoms with Crippen LogP contribution in [0.1, 0.15) is 54.4 Å². The number of aromatic nitrogens is 1. The number of hydrogen-bond acceptors (Lipinski definition) is 4. The van der Waals surface area contributed by atoms with E-state index in [0.717, 1.165) is 0 Å². The van der Waals surface area contributed by atoms with Gasteiger partial charge in [0, 0.05) is 18.9 Å². The first kappa shape index (κ1) is 14.2. The molecule has 0 bridgehead atoms. The molecule has 2 N–H and O–H groups in total. The summed E-state index contributed by atoms with van der Waals surface area (Å²) in [5.74, 6) is -0.495. The number of aryl methyl sites for hydroxylation is 1. The van der Waals surface area contributed by atoms with Gasteiger partial charge in [0.05, 0.1) is 5.69 Å². The second kappa shape index (κ2) is 6.18. The van der Waals surface area contributed by atoms with Gasteiger partial charge in [-0.15, -0.1) is 0 Å². The van der Waals surface area contributed by atoms with Crippen molar-refractivity contribution in [2.24, 2.45) is 0 Å². The summed E-state index contributed by atoms with van der Waals surface area (Å²) in [5, 5.41) is 14.9. The molecule has 6 nitrogen and oxygen atoms in total. The molecular weight excluding hydrogens is 236 g/mol. The van der Waals surface area contributed by atoms with Crippen LogP contribution in [-0.2, 0) is 4.79 Å². The van der Waals surface area contributed by atoms with Crippen LogP contribution in [0.4, 0.5) is 0 Å². The van der Waals surface area contributed by atoms with Gasteiger partial charge in [0.15, 0.2) is 5.76 Å². The Hall–Kier alpha value is -1.85. The lowest BCUT2D eigenvalue weighted by Crippen LogP contribution is -2.26. The SMILES string of the molecule is Cc1noc(C(C)C)c1C(=O)NCCCC(=O)O. The van der Waals surface area contributed by atoms with Crippen LogP contribution in [0.2, 0.25) is 0 Å². The number of carboxylic acids is 1. The molecule has 0 aromatic carbocycles. The lowest BCUT2D eigenvalue weighted by atomic mass is 10.0. The van der Waals surface area contributed by atoms with Gasteiger partial charge in [-0.2, -0.15) is 0 Å². The predicted molar refractivity (Wildman–Crippen MR) is 64.5 cm³/mol. The van der Waals surface area contributed by atoms with Gasteiger partial charge in [-0.3, -0.25) is 9.59 Å². The van der Waals surface area contributed by atoms with Gasteiger partial charge in [0.1, 0.15) is 5.56 Å². The molecule has 1 rings (SSSR count). The van der Waals surface area contributed by atoms with Crippen LogP contribution < -0.4 is 5.32 Å². The number of nitrogens with zero attached hydrogens (tertiary/aromatic N) is 1. The first-order valence-electron chi connectivity index (χ1n) is 5.89. The van der Waals surface area contributed by atoms with Crippen molar-refractivity contribution in [2.75, 3.05) is 6.54 Å². The molecule has 0 spiro atoms. The maximum absolute atomic E-state index is 11.9. The predicted octanol–water partition coefficient (Wildman–Crippen LogP) is 1.70. The summed E-state index contributed by atoms with van der Waals surface area (Å²) in [6.45, 7) is 5.87. The minimum absolute atomic E-state index is 0.0416. The molecule has 0 unspecified atom stereocenters. The maximum atomic E-state index is 11.9. The van der Waals surface area contributed by atoms with E-state index in [0.29, 0.717) is 30.0 Å². The van der Waals surface area contributed by atoms with Gasteiger partial charge in [0.25, 0.3) is 5.91 Å². The Morgan fingerprint density at radius 1 is 1.44 bits per heavy atom. The Bertz CT molecular complexity index is 437. The number of rotatable bonds is 6. The zero-order valence-corrected chi connectivity index (χ0v) is 10.8. The molecule has 1 aromatic rings. The van der Waals surface area contributed by atoms with Crippen molar-refractivity contribution in [3.63, 3.8) is 0 Å². The number of nitrogens with one attached hydrogen (secondary N) is 1.